The zero-order chi connectivity index (χ0) is 10.1. The first kappa shape index (κ1) is 10.6. The van der Waals surface area contributed by atoms with Crippen LogP contribution >= 0.6 is 27.3 Å². The van der Waals surface area contributed by atoms with Crippen LogP contribution in [0.4, 0.5) is 0 Å². The van der Waals surface area contributed by atoms with E-state index in [1.807, 2.05) is 11.3 Å². The number of thiophene rings is 1. The lowest BCUT2D eigenvalue weighted by Gasteiger charge is -2.27. The van der Waals surface area contributed by atoms with Crippen molar-refractivity contribution in [3.8, 4) is 0 Å². The number of hydrogen-bond donors (Lipinski definition) is 1. The van der Waals surface area contributed by atoms with E-state index in [9.17, 15) is 0 Å². The number of hydrogen-bond acceptors (Lipinski definition) is 3. The Kier molecular flexibility index (Phi) is 3.27. The molecule has 0 radical (unpaired) electrons. The van der Waals surface area contributed by atoms with Crippen molar-refractivity contribution in [2.24, 2.45) is 5.73 Å². The molecule has 0 saturated heterocycles. The Labute approximate surface area is 97.2 Å². The van der Waals surface area contributed by atoms with E-state index in [1.54, 1.807) is 0 Å². The molecule has 0 aromatic carbocycles. The van der Waals surface area contributed by atoms with Crippen molar-refractivity contribution >= 4 is 27.3 Å². The third kappa shape index (κ3) is 2.37. The molecule has 1 aromatic heterocycles. The molecule has 2 nitrogen and oxygen atoms in total. The predicted molar refractivity (Wildman–Crippen MR) is 64.6 cm³/mol. The van der Waals surface area contributed by atoms with E-state index in [0.717, 1.165) is 19.6 Å². The zero-order valence-corrected chi connectivity index (χ0v) is 10.7. The Morgan fingerprint density at radius 2 is 2.50 bits per heavy atom. The van der Waals surface area contributed by atoms with Crippen LogP contribution in [0.25, 0.3) is 0 Å². The van der Waals surface area contributed by atoms with E-state index in [-0.39, 0.29) is 6.04 Å². The monoisotopic (exact) mass is 274 g/mol. The lowest BCUT2D eigenvalue weighted by molar-refractivity contribution is 0.244. The molecule has 0 saturated carbocycles. The van der Waals surface area contributed by atoms with E-state index in [0.29, 0.717) is 0 Å². The third-order valence-electron chi connectivity index (χ3n) is 2.46. The summed E-state index contributed by atoms with van der Waals surface area (Å²) in [5.74, 6) is 0. The maximum Gasteiger partial charge on any atom is 0.0704 e. The Hall–Kier alpha value is 0.100. The largest absolute Gasteiger partial charge is 0.327 e. The summed E-state index contributed by atoms with van der Waals surface area (Å²) in [6.45, 7) is 5.30. The topological polar surface area (TPSA) is 29.3 Å². The number of fused-ring (bicyclic) bond motifs is 1. The third-order valence-corrected chi connectivity index (χ3v) is 4.20. The standard InChI is InChI=1S/C10H15BrN2S/c1-7(12)5-13-3-2-9-8(6-13)4-10(11)14-9/h4,7H,2-3,5-6,12H2,1H3. The van der Waals surface area contributed by atoms with E-state index in [2.05, 4.69) is 33.8 Å². The van der Waals surface area contributed by atoms with Crippen LogP contribution in [0.5, 0.6) is 0 Å². The maximum absolute atomic E-state index is 5.80. The molecular weight excluding hydrogens is 260 g/mol. The van der Waals surface area contributed by atoms with Crippen molar-refractivity contribution in [3.63, 3.8) is 0 Å². The molecule has 14 heavy (non-hydrogen) atoms. The van der Waals surface area contributed by atoms with Crippen molar-refractivity contribution in [3.05, 3.63) is 20.3 Å². The first-order valence-electron chi connectivity index (χ1n) is 4.90. The fraction of sp³-hybridized carbons (Fsp3) is 0.600. The van der Waals surface area contributed by atoms with Crippen LogP contribution in [-0.4, -0.2) is 24.0 Å². The molecule has 2 rings (SSSR count). The first-order chi connectivity index (χ1) is 6.65. The summed E-state index contributed by atoms with van der Waals surface area (Å²) < 4.78 is 1.25. The molecule has 1 aliphatic rings. The van der Waals surface area contributed by atoms with Gasteiger partial charge in [-0.2, -0.15) is 0 Å². The normalized spacial score (nSPS) is 19.4. The number of halogens is 1. The van der Waals surface area contributed by atoms with Gasteiger partial charge >= 0.3 is 0 Å². The second kappa shape index (κ2) is 4.31. The van der Waals surface area contributed by atoms with Crippen molar-refractivity contribution in [1.29, 1.82) is 0 Å². The van der Waals surface area contributed by atoms with E-state index in [1.165, 1.54) is 20.6 Å². The van der Waals surface area contributed by atoms with Gasteiger partial charge in [-0.1, -0.05) is 0 Å². The Balaban J connectivity index is 2.05. The lowest BCUT2D eigenvalue weighted by atomic mass is 10.1. The first-order valence-corrected chi connectivity index (χ1v) is 6.51. The summed E-state index contributed by atoms with van der Waals surface area (Å²) in [5, 5.41) is 0. The van der Waals surface area contributed by atoms with Gasteiger partial charge in [0.1, 0.15) is 0 Å². The van der Waals surface area contributed by atoms with Crippen LogP contribution in [0, 0.1) is 0 Å². The number of nitrogens with zero attached hydrogens (tertiary/aromatic N) is 1. The minimum atomic E-state index is 0.277. The molecule has 1 atom stereocenters. The molecule has 2 heterocycles. The van der Waals surface area contributed by atoms with Crippen molar-refractivity contribution in [2.45, 2.75) is 25.9 Å². The highest BCUT2D eigenvalue weighted by atomic mass is 79.9. The Morgan fingerprint density at radius 3 is 3.21 bits per heavy atom. The maximum atomic E-state index is 5.80. The van der Waals surface area contributed by atoms with Gasteiger partial charge in [-0.25, -0.2) is 0 Å². The Bertz CT molecular complexity index is 322. The van der Waals surface area contributed by atoms with Crippen molar-refractivity contribution in [2.75, 3.05) is 13.1 Å². The van der Waals surface area contributed by atoms with E-state index in [4.69, 9.17) is 5.73 Å². The minimum absolute atomic E-state index is 0.277. The lowest BCUT2D eigenvalue weighted by Crippen LogP contribution is -2.38. The van der Waals surface area contributed by atoms with Crippen LogP contribution in [0.15, 0.2) is 9.85 Å². The van der Waals surface area contributed by atoms with Crippen LogP contribution in [0.2, 0.25) is 0 Å². The molecule has 0 spiro atoms. The molecule has 2 N–H and O–H groups in total. The summed E-state index contributed by atoms with van der Waals surface area (Å²) in [4.78, 5) is 3.98. The summed E-state index contributed by atoms with van der Waals surface area (Å²) in [6.07, 6.45) is 1.18. The second-order valence-corrected chi connectivity index (χ2v) is 6.48. The summed E-state index contributed by atoms with van der Waals surface area (Å²) >= 11 is 5.41. The highest BCUT2D eigenvalue weighted by Gasteiger charge is 2.18. The quantitative estimate of drug-likeness (QED) is 0.896. The van der Waals surface area contributed by atoms with Gasteiger partial charge in [-0.3, -0.25) is 4.90 Å². The van der Waals surface area contributed by atoms with E-state index < -0.39 is 0 Å². The molecule has 0 amide bonds. The molecule has 1 aromatic rings. The molecule has 1 unspecified atom stereocenters. The van der Waals surface area contributed by atoms with Crippen LogP contribution in [0.3, 0.4) is 0 Å². The molecule has 0 fully saturated rings. The summed E-state index contributed by atoms with van der Waals surface area (Å²) in [5.41, 5.74) is 7.28. The second-order valence-electron chi connectivity index (χ2n) is 3.96. The molecule has 1 aliphatic heterocycles. The zero-order valence-electron chi connectivity index (χ0n) is 8.29. The number of rotatable bonds is 2. The fourth-order valence-electron chi connectivity index (χ4n) is 1.92. The van der Waals surface area contributed by atoms with Gasteiger partial charge in [-0.05, 0) is 40.9 Å². The van der Waals surface area contributed by atoms with E-state index >= 15 is 0 Å². The molecule has 78 valence electrons. The van der Waals surface area contributed by atoms with Gasteiger partial charge in [0.25, 0.3) is 0 Å². The molecule has 0 bridgehead atoms. The fourth-order valence-corrected chi connectivity index (χ4v) is 3.67. The van der Waals surface area contributed by atoms with Crippen LogP contribution < -0.4 is 5.73 Å². The van der Waals surface area contributed by atoms with Crippen LogP contribution in [-0.2, 0) is 13.0 Å². The van der Waals surface area contributed by atoms with Gasteiger partial charge in [0.15, 0.2) is 0 Å². The summed E-state index contributed by atoms with van der Waals surface area (Å²) in [7, 11) is 0. The highest BCUT2D eigenvalue weighted by Crippen LogP contribution is 2.31. The predicted octanol–water partition coefficient (Wildman–Crippen LogP) is 2.22. The van der Waals surface area contributed by atoms with Crippen molar-refractivity contribution < 1.29 is 0 Å². The SMILES string of the molecule is CC(N)CN1CCc2sc(Br)cc2C1. The molecule has 4 heteroatoms. The van der Waals surface area contributed by atoms with Crippen LogP contribution in [0.1, 0.15) is 17.4 Å². The Morgan fingerprint density at radius 1 is 1.71 bits per heavy atom. The van der Waals surface area contributed by atoms with Gasteiger partial charge in [0.2, 0.25) is 0 Å². The average Bonchev–Trinajstić information content (AvgIpc) is 2.42. The highest BCUT2D eigenvalue weighted by molar-refractivity contribution is 9.11. The number of nitrogens with two attached hydrogens (primary N) is 1. The van der Waals surface area contributed by atoms with Crippen molar-refractivity contribution in [1.82, 2.24) is 4.90 Å². The summed E-state index contributed by atoms with van der Waals surface area (Å²) in [6, 6.07) is 2.52. The molecular formula is C10H15BrN2S. The van der Waals surface area contributed by atoms with Gasteiger partial charge in [0, 0.05) is 30.6 Å². The van der Waals surface area contributed by atoms with Gasteiger partial charge in [-0.15, -0.1) is 11.3 Å². The van der Waals surface area contributed by atoms with Gasteiger partial charge in [0.05, 0.1) is 3.79 Å². The van der Waals surface area contributed by atoms with Gasteiger partial charge < -0.3 is 5.73 Å². The smallest absolute Gasteiger partial charge is 0.0704 e. The average molecular weight is 275 g/mol. The molecule has 0 aliphatic carbocycles. The minimum Gasteiger partial charge on any atom is -0.327 e.